The van der Waals surface area contributed by atoms with Crippen LogP contribution in [0, 0.1) is 0 Å². The van der Waals surface area contributed by atoms with Crippen LogP contribution in [0.25, 0.3) is 0 Å². The number of carbonyl (C=O) groups excluding carboxylic acids is 2. The van der Waals surface area contributed by atoms with Gasteiger partial charge in [-0.1, -0.05) is 30.3 Å². The number of nitrogens with zero attached hydrogens (tertiary/aromatic N) is 2. The molecule has 126 valence electrons. The molecule has 1 aromatic carbocycles. The second-order valence-corrected chi connectivity index (χ2v) is 6.15. The Kier molecular flexibility index (Phi) is 5.25. The third kappa shape index (κ3) is 4.44. The number of hydrogen-bond acceptors (Lipinski definition) is 3. The molecule has 0 spiro atoms. The number of hydrogen-bond donors (Lipinski definition) is 2. The van der Waals surface area contributed by atoms with E-state index >= 15 is 0 Å². The Labute approximate surface area is 141 Å². The standard InChI is InChI=1S/C18H22N4O2/c23-17(7-6-15-11-19-20-12-15)21-16-10-18(24)22(13-16)9-8-14-4-2-1-3-5-14/h1-5,11-12,16H,6-10,13H2,(H,19,20)(H,21,23)/t16-/m1/s1. The number of rotatable bonds is 7. The summed E-state index contributed by atoms with van der Waals surface area (Å²) in [5.74, 6) is 0.102. The Morgan fingerprint density at radius 1 is 1.25 bits per heavy atom. The predicted molar refractivity (Wildman–Crippen MR) is 90.2 cm³/mol. The van der Waals surface area contributed by atoms with Crippen LogP contribution in [-0.2, 0) is 22.4 Å². The van der Waals surface area contributed by atoms with Gasteiger partial charge >= 0.3 is 0 Å². The molecule has 2 aromatic rings. The highest BCUT2D eigenvalue weighted by atomic mass is 16.2. The molecule has 2 amide bonds. The lowest BCUT2D eigenvalue weighted by Crippen LogP contribution is -2.37. The summed E-state index contributed by atoms with van der Waals surface area (Å²) in [6.45, 7) is 1.30. The zero-order valence-corrected chi connectivity index (χ0v) is 13.6. The van der Waals surface area contributed by atoms with Crippen LogP contribution in [0.4, 0.5) is 0 Å². The van der Waals surface area contributed by atoms with Crippen molar-refractivity contribution in [3.63, 3.8) is 0 Å². The number of carbonyl (C=O) groups is 2. The van der Waals surface area contributed by atoms with Gasteiger partial charge in [0.15, 0.2) is 0 Å². The van der Waals surface area contributed by atoms with E-state index in [2.05, 4.69) is 27.6 Å². The highest BCUT2D eigenvalue weighted by Gasteiger charge is 2.30. The molecule has 6 nitrogen and oxygen atoms in total. The third-order valence-electron chi connectivity index (χ3n) is 4.29. The van der Waals surface area contributed by atoms with Crippen molar-refractivity contribution in [1.29, 1.82) is 0 Å². The maximum Gasteiger partial charge on any atom is 0.224 e. The van der Waals surface area contributed by atoms with Crippen LogP contribution >= 0.6 is 0 Å². The van der Waals surface area contributed by atoms with Crippen LogP contribution in [0.2, 0.25) is 0 Å². The van der Waals surface area contributed by atoms with E-state index in [1.165, 1.54) is 5.56 Å². The van der Waals surface area contributed by atoms with Crippen molar-refractivity contribution >= 4 is 11.8 Å². The van der Waals surface area contributed by atoms with Crippen LogP contribution in [-0.4, -0.2) is 46.0 Å². The van der Waals surface area contributed by atoms with E-state index < -0.39 is 0 Å². The fourth-order valence-corrected chi connectivity index (χ4v) is 2.97. The molecule has 2 N–H and O–H groups in total. The van der Waals surface area contributed by atoms with Crippen molar-refractivity contribution in [2.75, 3.05) is 13.1 Å². The van der Waals surface area contributed by atoms with E-state index in [-0.39, 0.29) is 17.9 Å². The van der Waals surface area contributed by atoms with Crippen molar-refractivity contribution in [1.82, 2.24) is 20.4 Å². The molecule has 2 heterocycles. The molecule has 1 saturated heterocycles. The van der Waals surface area contributed by atoms with Gasteiger partial charge in [-0.25, -0.2) is 0 Å². The van der Waals surface area contributed by atoms with E-state index in [1.807, 2.05) is 23.1 Å². The monoisotopic (exact) mass is 326 g/mol. The van der Waals surface area contributed by atoms with Crippen molar-refractivity contribution < 1.29 is 9.59 Å². The third-order valence-corrected chi connectivity index (χ3v) is 4.29. The number of likely N-dealkylation sites (tertiary alicyclic amines) is 1. The molecule has 1 atom stereocenters. The molecule has 1 aliphatic heterocycles. The van der Waals surface area contributed by atoms with Crippen LogP contribution in [0.3, 0.4) is 0 Å². The van der Waals surface area contributed by atoms with Gasteiger partial charge in [-0.05, 0) is 24.0 Å². The minimum atomic E-state index is -0.0786. The Morgan fingerprint density at radius 3 is 2.83 bits per heavy atom. The van der Waals surface area contributed by atoms with Crippen molar-refractivity contribution in [2.24, 2.45) is 0 Å². The van der Waals surface area contributed by atoms with Gasteiger partial charge in [-0.2, -0.15) is 5.10 Å². The second kappa shape index (κ2) is 7.77. The Hall–Kier alpha value is -2.63. The van der Waals surface area contributed by atoms with Crippen LogP contribution in [0.5, 0.6) is 0 Å². The Morgan fingerprint density at radius 2 is 2.08 bits per heavy atom. The van der Waals surface area contributed by atoms with Crippen molar-refractivity contribution in [2.45, 2.75) is 31.7 Å². The minimum absolute atomic E-state index is 0.0149. The quantitative estimate of drug-likeness (QED) is 0.805. The summed E-state index contributed by atoms with van der Waals surface area (Å²) >= 11 is 0. The lowest BCUT2D eigenvalue weighted by Gasteiger charge is -2.17. The second-order valence-electron chi connectivity index (χ2n) is 6.15. The number of nitrogens with one attached hydrogen (secondary N) is 2. The largest absolute Gasteiger partial charge is 0.351 e. The van der Waals surface area contributed by atoms with Gasteiger partial charge in [-0.3, -0.25) is 14.7 Å². The average molecular weight is 326 g/mol. The lowest BCUT2D eigenvalue weighted by atomic mass is 10.1. The zero-order chi connectivity index (χ0) is 16.8. The first-order chi connectivity index (χ1) is 11.7. The number of aromatic amines is 1. The molecule has 3 rings (SSSR count). The highest BCUT2D eigenvalue weighted by Crippen LogP contribution is 2.13. The summed E-state index contributed by atoms with van der Waals surface area (Å²) in [6, 6.07) is 10.0. The summed E-state index contributed by atoms with van der Waals surface area (Å²) in [5, 5.41) is 9.56. The number of benzene rings is 1. The number of aryl methyl sites for hydroxylation is 1. The van der Waals surface area contributed by atoms with Gasteiger partial charge in [0.1, 0.15) is 0 Å². The van der Waals surface area contributed by atoms with Gasteiger partial charge in [0.25, 0.3) is 0 Å². The highest BCUT2D eigenvalue weighted by molar-refractivity contribution is 5.82. The molecule has 1 fully saturated rings. The molecule has 1 aromatic heterocycles. The number of H-pyrrole nitrogens is 1. The van der Waals surface area contributed by atoms with E-state index in [9.17, 15) is 9.59 Å². The summed E-state index contributed by atoms with van der Waals surface area (Å²) in [6.07, 6.45) is 5.81. The summed E-state index contributed by atoms with van der Waals surface area (Å²) < 4.78 is 0. The van der Waals surface area contributed by atoms with Crippen LogP contribution < -0.4 is 5.32 Å². The Bertz CT molecular complexity index is 670. The normalized spacial score (nSPS) is 17.2. The molecule has 0 unspecified atom stereocenters. The van der Waals surface area contributed by atoms with Gasteiger partial charge in [0.05, 0.1) is 12.2 Å². The number of amides is 2. The zero-order valence-electron chi connectivity index (χ0n) is 13.6. The molecular weight excluding hydrogens is 304 g/mol. The van der Waals surface area contributed by atoms with E-state index in [0.717, 1.165) is 12.0 Å². The predicted octanol–water partition coefficient (Wildman–Crippen LogP) is 1.30. The fourth-order valence-electron chi connectivity index (χ4n) is 2.97. The first-order valence-electron chi connectivity index (χ1n) is 8.29. The summed E-state index contributed by atoms with van der Waals surface area (Å²) in [4.78, 5) is 26.0. The van der Waals surface area contributed by atoms with Gasteiger partial charge in [-0.15, -0.1) is 0 Å². The van der Waals surface area contributed by atoms with Crippen LogP contribution in [0.1, 0.15) is 24.0 Å². The fraction of sp³-hybridized carbons (Fsp3) is 0.389. The van der Waals surface area contributed by atoms with E-state index in [0.29, 0.717) is 32.4 Å². The van der Waals surface area contributed by atoms with E-state index in [4.69, 9.17) is 0 Å². The summed E-state index contributed by atoms with van der Waals surface area (Å²) in [5.41, 5.74) is 2.23. The minimum Gasteiger partial charge on any atom is -0.351 e. The van der Waals surface area contributed by atoms with Crippen LogP contribution in [0.15, 0.2) is 42.7 Å². The molecule has 6 heteroatoms. The maximum atomic E-state index is 12.1. The molecule has 0 radical (unpaired) electrons. The lowest BCUT2D eigenvalue weighted by molar-refractivity contribution is -0.127. The molecule has 0 saturated carbocycles. The maximum absolute atomic E-state index is 12.1. The van der Waals surface area contributed by atoms with Crippen molar-refractivity contribution in [3.05, 3.63) is 53.9 Å². The topological polar surface area (TPSA) is 78.1 Å². The first kappa shape index (κ1) is 16.2. The van der Waals surface area contributed by atoms with Gasteiger partial charge < -0.3 is 10.2 Å². The first-order valence-corrected chi connectivity index (χ1v) is 8.29. The molecule has 24 heavy (non-hydrogen) atoms. The van der Waals surface area contributed by atoms with E-state index in [1.54, 1.807) is 12.4 Å². The van der Waals surface area contributed by atoms with Gasteiger partial charge in [0.2, 0.25) is 11.8 Å². The molecule has 0 aliphatic carbocycles. The molecule has 0 bridgehead atoms. The number of aromatic nitrogens is 2. The summed E-state index contributed by atoms with van der Waals surface area (Å²) in [7, 11) is 0. The van der Waals surface area contributed by atoms with Crippen molar-refractivity contribution in [3.8, 4) is 0 Å². The average Bonchev–Trinajstić information content (AvgIpc) is 3.22. The van der Waals surface area contributed by atoms with Gasteiger partial charge in [0, 0.05) is 32.1 Å². The molecular formula is C18H22N4O2. The Balaban J connectivity index is 1.41. The SMILES string of the molecule is O=C(CCc1cn[nH]c1)N[C@@H]1CC(=O)N(CCc2ccccc2)C1. The smallest absolute Gasteiger partial charge is 0.224 e. The molecule has 1 aliphatic rings.